The van der Waals surface area contributed by atoms with Gasteiger partial charge in [0.25, 0.3) is 0 Å². The first-order valence-electron chi connectivity index (χ1n) is 11.1. The summed E-state index contributed by atoms with van der Waals surface area (Å²) in [6.07, 6.45) is 1.85. The van der Waals surface area contributed by atoms with E-state index in [1.54, 1.807) is 7.11 Å². The molecule has 5 heteroatoms. The Hall–Kier alpha value is -3.44. The van der Waals surface area contributed by atoms with E-state index in [1.165, 1.54) is 5.56 Å². The lowest BCUT2D eigenvalue weighted by Crippen LogP contribution is -2.44. The Labute approximate surface area is 189 Å². The number of fused-ring (bicyclic) bond motifs is 1. The number of anilines is 1. The zero-order valence-electron chi connectivity index (χ0n) is 18.9. The molecule has 32 heavy (non-hydrogen) atoms. The second kappa shape index (κ2) is 8.60. The summed E-state index contributed by atoms with van der Waals surface area (Å²) in [5, 5.41) is 0. The first-order chi connectivity index (χ1) is 15.6. The van der Waals surface area contributed by atoms with Gasteiger partial charge in [-0.1, -0.05) is 48.0 Å². The molecule has 5 rings (SSSR count). The predicted octanol–water partition coefficient (Wildman–Crippen LogP) is 5.03. The van der Waals surface area contributed by atoms with Crippen molar-refractivity contribution < 1.29 is 4.74 Å². The van der Waals surface area contributed by atoms with Crippen molar-refractivity contribution in [2.45, 2.75) is 6.92 Å². The molecule has 0 bridgehead atoms. The van der Waals surface area contributed by atoms with E-state index in [-0.39, 0.29) is 0 Å². The van der Waals surface area contributed by atoms with Crippen LogP contribution in [0.4, 0.5) is 5.69 Å². The van der Waals surface area contributed by atoms with Crippen molar-refractivity contribution in [3.8, 4) is 28.1 Å². The largest absolute Gasteiger partial charge is 0.495 e. The predicted molar refractivity (Wildman–Crippen MR) is 131 cm³/mol. The van der Waals surface area contributed by atoms with E-state index in [1.807, 2.05) is 18.3 Å². The topological polar surface area (TPSA) is 41.5 Å². The molecular weight excluding hydrogens is 396 g/mol. The third-order valence-electron chi connectivity index (χ3n) is 6.22. The van der Waals surface area contributed by atoms with Gasteiger partial charge in [-0.2, -0.15) is 0 Å². The van der Waals surface area contributed by atoms with Crippen molar-refractivity contribution in [3.05, 3.63) is 72.4 Å². The molecule has 2 heterocycles. The summed E-state index contributed by atoms with van der Waals surface area (Å²) in [5.41, 5.74) is 8.29. The van der Waals surface area contributed by atoms with Crippen LogP contribution in [0.1, 0.15) is 5.56 Å². The van der Waals surface area contributed by atoms with Crippen LogP contribution >= 0.6 is 0 Å². The molecule has 0 saturated carbocycles. The summed E-state index contributed by atoms with van der Waals surface area (Å²) in [6.45, 7) is 6.23. The molecule has 1 saturated heterocycles. The van der Waals surface area contributed by atoms with Crippen LogP contribution in [0.15, 0.2) is 66.9 Å². The molecule has 0 unspecified atom stereocenters. The van der Waals surface area contributed by atoms with Gasteiger partial charge in [-0.3, -0.25) is 4.98 Å². The molecule has 1 aliphatic rings. The van der Waals surface area contributed by atoms with Crippen molar-refractivity contribution in [2.75, 3.05) is 45.2 Å². The highest BCUT2D eigenvalue weighted by Gasteiger charge is 2.18. The summed E-state index contributed by atoms with van der Waals surface area (Å²) < 4.78 is 5.78. The lowest BCUT2D eigenvalue weighted by molar-refractivity contribution is 0.311. The van der Waals surface area contributed by atoms with E-state index < -0.39 is 0 Å². The normalized spacial score (nSPS) is 14.7. The maximum absolute atomic E-state index is 5.78. The highest BCUT2D eigenvalue weighted by Crippen LogP contribution is 2.34. The minimum atomic E-state index is 0.848. The molecule has 1 aliphatic heterocycles. The molecule has 4 aromatic rings. The maximum Gasteiger partial charge on any atom is 0.142 e. The Balaban J connectivity index is 1.55. The van der Waals surface area contributed by atoms with Crippen molar-refractivity contribution >= 4 is 16.7 Å². The molecule has 1 aromatic heterocycles. The van der Waals surface area contributed by atoms with E-state index in [0.29, 0.717) is 0 Å². The number of nitrogens with zero attached hydrogens (tertiary/aromatic N) is 4. The van der Waals surface area contributed by atoms with Crippen molar-refractivity contribution in [3.63, 3.8) is 0 Å². The van der Waals surface area contributed by atoms with Crippen molar-refractivity contribution in [1.82, 2.24) is 14.9 Å². The molecule has 0 N–H and O–H groups in total. The van der Waals surface area contributed by atoms with Crippen LogP contribution in [-0.4, -0.2) is 55.2 Å². The minimum absolute atomic E-state index is 0.848. The maximum atomic E-state index is 5.78. The molecule has 1 fully saturated rings. The lowest BCUT2D eigenvalue weighted by Gasteiger charge is -2.34. The Kier molecular flexibility index (Phi) is 5.50. The standard InChI is InChI=1S/C27H28N4O/c1-19-6-4-7-20(16-19)22-8-5-9-23-27(22)29-24(18-28-23)21-10-11-25(26(17-21)32-3)31-14-12-30(2)13-15-31/h4-11,16-18H,12-15H2,1-3H3. The number of methoxy groups -OCH3 is 1. The Morgan fingerprint density at radius 3 is 2.47 bits per heavy atom. The molecule has 162 valence electrons. The van der Waals surface area contributed by atoms with Crippen LogP contribution in [0.25, 0.3) is 33.4 Å². The van der Waals surface area contributed by atoms with Gasteiger partial charge in [0.1, 0.15) is 5.75 Å². The summed E-state index contributed by atoms with van der Waals surface area (Å²) >= 11 is 0. The molecule has 0 spiro atoms. The van der Waals surface area contributed by atoms with Gasteiger partial charge in [-0.25, -0.2) is 4.98 Å². The summed E-state index contributed by atoms with van der Waals surface area (Å²) in [5.74, 6) is 0.876. The number of aryl methyl sites for hydroxylation is 1. The lowest BCUT2D eigenvalue weighted by atomic mass is 10.0. The van der Waals surface area contributed by atoms with Crippen molar-refractivity contribution in [1.29, 1.82) is 0 Å². The summed E-state index contributed by atoms with van der Waals surface area (Å²) in [4.78, 5) is 14.5. The highest BCUT2D eigenvalue weighted by molar-refractivity contribution is 5.92. The first kappa shape index (κ1) is 20.5. The number of para-hydroxylation sites is 1. The first-order valence-corrected chi connectivity index (χ1v) is 11.1. The fraction of sp³-hybridized carbons (Fsp3) is 0.259. The number of hydrogen-bond acceptors (Lipinski definition) is 5. The fourth-order valence-corrected chi connectivity index (χ4v) is 4.36. The third kappa shape index (κ3) is 3.92. The Morgan fingerprint density at radius 1 is 0.875 bits per heavy atom. The van der Waals surface area contributed by atoms with Crippen molar-refractivity contribution in [2.24, 2.45) is 0 Å². The smallest absolute Gasteiger partial charge is 0.142 e. The number of hydrogen-bond donors (Lipinski definition) is 0. The Morgan fingerprint density at radius 2 is 1.69 bits per heavy atom. The van der Waals surface area contributed by atoms with E-state index in [2.05, 4.69) is 72.3 Å². The van der Waals surface area contributed by atoms with Crippen LogP contribution in [0, 0.1) is 6.92 Å². The molecule has 0 atom stereocenters. The highest BCUT2D eigenvalue weighted by atomic mass is 16.5. The second-order valence-electron chi connectivity index (χ2n) is 8.47. The SMILES string of the molecule is COc1cc(-c2cnc3cccc(-c4cccc(C)c4)c3n2)ccc1N1CCN(C)CC1. The van der Waals surface area contributed by atoms with Crippen LogP contribution in [0.3, 0.4) is 0 Å². The van der Waals surface area contributed by atoms with Crippen LogP contribution < -0.4 is 9.64 Å². The minimum Gasteiger partial charge on any atom is -0.495 e. The van der Waals surface area contributed by atoms with Gasteiger partial charge in [0.15, 0.2) is 0 Å². The van der Waals surface area contributed by atoms with E-state index in [4.69, 9.17) is 14.7 Å². The molecule has 0 amide bonds. The zero-order chi connectivity index (χ0) is 22.1. The molecule has 0 radical (unpaired) electrons. The number of benzene rings is 3. The van der Waals surface area contributed by atoms with E-state index in [0.717, 1.165) is 71.0 Å². The molecule has 3 aromatic carbocycles. The van der Waals surface area contributed by atoms with Gasteiger partial charge in [0.2, 0.25) is 0 Å². The monoisotopic (exact) mass is 424 g/mol. The van der Waals surface area contributed by atoms with Crippen LogP contribution in [0.5, 0.6) is 5.75 Å². The summed E-state index contributed by atoms with van der Waals surface area (Å²) in [6, 6.07) is 21.1. The quantitative estimate of drug-likeness (QED) is 0.459. The Bertz CT molecular complexity index is 1260. The summed E-state index contributed by atoms with van der Waals surface area (Å²) in [7, 11) is 3.90. The number of rotatable bonds is 4. The van der Waals surface area contributed by atoms with Gasteiger partial charge in [-0.15, -0.1) is 0 Å². The molecule has 5 nitrogen and oxygen atoms in total. The molecular formula is C27H28N4O. The third-order valence-corrected chi connectivity index (χ3v) is 6.22. The van der Waals surface area contributed by atoms with Gasteiger partial charge < -0.3 is 14.5 Å². The number of ether oxygens (including phenoxy) is 1. The number of piperazine rings is 1. The average Bonchev–Trinajstić information content (AvgIpc) is 2.83. The van der Waals surface area contributed by atoms with Crippen LogP contribution in [0.2, 0.25) is 0 Å². The average molecular weight is 425 g/mol. The number of aromatic nitrogens is 2. The number of likely N-dealkylation sites (N-methyl/N-ethyl adjacent to an activating group) is 1. The molecule has 0 aliphatic carbocycles. The van der Waals surface area contributed by atoms with E-state index in [9.17, 15) is 0 Å². The van der Waals surface area contributed by atoms with Crippen LogP contribution in [-0.2, 0) is 0 Å². The van der Waals surface area contributed by atoms with Gasteiger partial charge in [-0.05, 0) is 37.7 Å². The van der Waals surface area contributed by atoms with E-state index >= 15 is 0 Å². The zero-order valence-corrected chi connectivity index (χ0v) is 18.9. The second-order valence-corrected chi connectivity index (χ2v) is 8.47. The van der Waals surface area contributed by atoms with Gasteiger partial charge in [0, 0.05) is 37.3 Å². The fourth-order valence-electron chi connectivity index (χ4n) is 4.36. The van der Waals surface area contributed by atoms with Gasteiger partial charge in [0.05, 0.1) is 35.7 Å². The van der Waals surface area contributed by atoms with Gasteiger partial charge >= 0.3 is 0 Å².